The van der Waals surface area contributed by atoms with Crippen LogP contribution in [0, 0.1) is 6.92 Å². The van der Waals surface area contributed by atoms with E-state index in [0.717, 1.165) is 24.4 Å². The molecule has 1 saturated carbocycles. The van der Waals surface area contributed by atoms with Crippen LogP contribution in [0.3, 0.4) is 0 Å². The average molecular weight is 258 g/mol. The molecular formula is C14H18N4O. The molecule has 1 aliphatic rings. The average Bonchev–Trinajstić information content (AvgIpc) is 2.81. The predicted molar refractivity (Wildman–Crippen MR) is 70.4 cm³/mol. The maximum atomic E-state index is 5.12. The number of aryl methyl sites for hydroxylation is 1. The number of aromatic nitrogens is 3. The van der Waals surface area contributed by atoms with Crippen molar-refractivity contribution >= 4 is 0 Å². The Morgan fingerprint density at radius 1 is 1.37 bits per heavy atom. The summed E-state index contributed by atoms with van der Waals surface area (Å²) in [6, 6.07) is 6.14. The highest BCUT2D eigenvalue weighted by atomic mass is 16.5. The van der Waals surface area contributed by atoms with Crippen molar-refractivity contribution in [2.24, 2.45) is 0 Å². The van der Waals surface area contributed by atoms with Gasteiger partial charge in [0.2, 0.25) is 5.89 Å². The summed E-state index contributed by atoms with van der Waals surface area (Å²) in [7, 11) is 0. The summed E-state index contributed by atoms with van der Waals surface area (Å²) >= 11 is 0. The van der Waals surface area contributed by atoms with E-state index in [1.165, 1.54) is 6.42 Å². The number of nitrogens with one attached hydrogen (secondary N) is 1. The van der Waals surface area contributed by atoms with Crippen LogP contribution in [0.25, 0.3) is 0 Å². The monoisotopic (exact) mass is 258 g/mol. The predicted octanol–water partition coefficient (Wildman–Crippen LogP) is 2.50. The highest BCUT2D eigenvalue weighted by Gasteiger charge is 2.43. The second kappa shape index (κ2) is 4.74. The van der Waals surface area contributed by atoms with E-state index in [-0.39, 0.29) is 11.6 Å². The van der Waals surface area contributed by atoms with Crippen molar-refractivity contribution in [2.45, 2.75) is 44.7 Å². The molecule has 0 aliphatic heterocycles. The van der Waals surface area contributed by atoms with Crippen LogP contribution in [0.1, 0.15) is 49.6 Å². The Hall–Kier alpha value is -1.75. The smallest absolute Gasteiger partial charge is 0.223 e. The van der Waals surface area contributed by atoms with Crippen LogP contribution < -0.4 is 5.32 Å². The van der Waals surface area contributed by atoms with Crippen LogP contribution in [0.2, 0.25) is 0 Å². The molecule has 2 aromatic heterocycles. The standard InChI is InChI=1S/C14H18N4O/c1-10(12-6-3-4-9-15-12)17-14(7-5-8-14)13-16-11(2)19-18-13/h3-4,6,9-10,17H,5,7-8H2,1-2H3/t10-/m0/s1. The highest BCUT2D eigenvalue weighted by molar-refractivity contribution is 5.15. The van der Waals surface area contributed by atoms with Gasteiger partial charge in [0.1, 0.15) is 0 Å². The molecule has 2 heterocycles. The van der Waals surface area contributed by atoms with Gasteiger partial charge < -0.3 is 4.52 Å². The van der Waals surface area contributed by atoms with Crippen LogP contribution >= 0.6 is 0 Å². The Labute approximate surface area is 112 Å². The van der Waals surface area contributed by atoms with E-state index in [0.29, 0.717) is 5.89 Å². The molecule has 100 valence electrons. The van der Waals surface area contributed by atoms with Gasteiger partial charge in [0.25, 0.3) is 0 Å². The Kier molecular flexibility index (Phi) is 3.06. The largest absolute Gasteiger partial charge is 0.340 e. The summed E-state index contributed by atoms with van der Waals surface area (Å²) in [5.41, 5.74) is 0.892. The minimum Gasteiger partial charge on any atom is -0.340 e. The molecule has 1 aliphatic carbocycles. The first kappa shape index (κ1) is 12.3. The number of pyridine rings is 1. The SMILES string of the molecule is Cc1nc(C2(N[C@@H](C)c3ccccn3)CCC2)no1. The third-order valence-corrected chi connectivity index (χ3v) is 3.79. The first-order valence-electron chi connectivity index (χ1n) is 6.69. The van der Waals surface area contributed by atoms with Crippen LogP contribution in [0.5, 0.6) is 0 Å². The summed E-state index contributed by atoms with van der Waals surface area (Å²) in [6.07, 6.45) is 5.10. The minimum absolute atomic E-state index is 0.144. The first-order chi connectivity index (χ1) is 9.20. The molecule has 0 saturated heterocycles. The number of hydrogen-bond donors (Lipinski definition) is 1. The maximum absolute atomic E-state index is 5.12. The van der Waals surface area contributed by atoms with Gasteiger partial charge in [0.15, 0.2) is 5.82 Å². The molecule has 19 heavy (non-hydrogen) atoms. The Bertz CT molecular complexity index is 548. The van der Waals surface area contributed by atoms with E-state index >= 15 is 0 Å². The second-order valence-electron chi connectivity index (χ2n) is 5.19. The van der Waals surface area contributed by atoms with Crippen LogP contribution in [-0.4, -0.2) is 15.1 Å². The zero-order valence-electron chi connectivity index (χ0n) is 11.3. The van der Waals surface area contributed by atoms with Crippen LogP contribution in [0.15, 0.2) is 28.9 Å². The minimum atomic E-state index is -0.144. The Morgan fingerprint density at radius 3 is 2.74 bits per heavy atom. The normalized spacial score (nSPS) is 18.8. The molecule has 1 atom stereocenters. The zero-order chi connectivity index (χ0) is 13.3. The number of nitrogens with zero attached hydrogens (tertiary/aromatic N) is 3. The van der Waals surface area contributed by atoms with Gasteiger partial charge in [-0.3, -0.25) is 10.3 Å². The van der Waals surface area contributed by atoms with Crippen molar-refractivity contribution in [3.05, 3.63) is 41.8 Å². The molecule has 5 heteroatoms. The fraction of sp³-hybridized carbons (Fsp3) is 0.500. The number of hydrogen-bond acceptors (Lipinski definition) is 5. The van der Waals surface area contributed by atoms with Gasteiger partial charge >= 0.3 is 0 Å². The zero-order valence-corrected chi connectivity index (χ0v) is 11.3. The number of rotatable bonds is 4. The molecule has 0 spiro atoms. The highest BCUT2D eigenvalue weighted by Crippen LogP contribution is 2.41. The second-order valence-corrected chi connectivity index (χ2v) is 5.19. The summed E-state index contributed by atoms with van der Waals surface area (Å²) in [5, 5.41) is 7.72. The van der Waals surface area contributed by atoms with Gasteiger partial charge in [-0.15, -0.1) is 0 Å². The van der Waals surface area contributed by atoms with Crippen molar-refractivity contribution in [1.82, 2.24) is 20.4 Å². The van der Waals surface area contributed by atoms with Gasteiger partial charge in [-0.1, -0.05) is 11.2 Å². The fourth-order valence-electron chi connectivity index (χ4n) is 2.58. The van der Waals surface area contributed by atoms with Gasteiger partial charge in [-0.05, 0) is 38.3 Å². The molecule has 1 fully saturated rings. The van der Waals surface area contributed by atoms with Crippen molar-refractivity contribution in [3.63, 3.8) is 0 Å². The lowest BCUT2D eigenvalue weighted by molar-refractivity contribution is 0.149. The third-order valence-electron chi connectivity index (χ3n) is 3.79. The molecular weight excluding hydrogens is 240 g/mol. The van der Waals surface area contributed by atoms with E-state index in [1.54, 1.807) is 0 Å². The molecule has 0 bridgehead atoms. The summed E-state index contributed by atoms with van der Waals surface area (Å²) in [4.78, 5) is 8.78. The topological polar surface area (TPSA) is 63.8 Å². The molecule has 5 nitrogen and oxygen atoms in total. The van der Waals surface area contributed by atoms with E-state index < -0.39 is 0 Å². The Balaban J connectivity index is 1.80. The van der Waals surface area contributed by atoms with Crippen molar-refractivity contribution in [3.8, 4) is 0 Å². The van der Waals surface area contributed by atoms with Crippen molar-refractivity contribution in [1.29, 1.82) is 0 Å². The first-order valence-corrected chi connectivity index (χ1v) is 6.69. The van der Waals surface area contributed by atoms with Crippen LogP contribution in [0.4, 0.5) is 0 Å². The lowest BCUT2D eigenvalue weighted by atomic mass is 9.75. The van der Waals surface area contributed by atoms with Gasteiger partial charge in [0.05, 0.1) is 11.2 Å². The van der Waals surface area contributed by atoms with Gasteiger partial charge in [-0.2, -0.15) is 4.98 Å². The van der Waals surface area contributed by atoms with Gasteiger partial charge in [-0.25, -0.2) is 0 Å². The van der Waals surface area contributed by atoms with Crippen LogP contribution in [-0.2, 0) is 5.54 Å². The van der Waals surface area contributed by atoms with Gasteiger partial charge in [0, 0.05) is 19.2 Å². The molecule has 1 N–H and O–H groups in total. The molecule has 3 rings (SSSR count). The van der Waals surface area contributed by atoms with Crippen molar-refractivity contribution in [2.75, 3.05) is 0 Å². The molecule has 0 amide bonds. The summed E-state index contributed by atoms with van der Waals surface area (Å²) in [6.45, 7) is 3.94. The molecule has 0 radical (unpaired) electrons. The molecule has 2 aromatic rings. The van der Waals surface area contributed by atoms with E-state index in [4.69, 9.17) is 4.52 Å². The third kappa shape index (κ3) is 2.26. The quantitative estimate of drug-likeness (QED) is 0.912. The summed E-state index contributed by atoms with van der Waals surface area (Å²) < 4.78 is 5.12. The Morgan fingerprint density at radius 2 is 2.21 bits per heavy atom. The lowest BCUT2D eigenvalue weighted by Crippen LogP contribution is -2.50. The van der Waals surface area contributed by atoms with E-state index in [9.17, 15) is 0 Å². The molecule has 0 aromatic carbocycles. The van der Waals surface area contributed by atoms with E-state index in [1.807, 2.05) is 31.3 Å². The lowest BCUT2D eigenvalue weighted by Gasteiger charge is -2.41. The summed E-state index contributed by atoms with van der Waals surface area (Å²) in [5.74, 6) is 1.40. The van der Waals surface area contributed by atoms with Crippen molar-refractivity contribution < 1.29 is 4.52 Å². The maximum Gasteiger partial charge on any atom is 0.223 e. The van der Waals surface area contributed by atoms with E-state index in [2.05, 4.69) is 27.4 Å². The fourth-order valence-corrected chi connectivity index (χ4v) is 2.58. The molecule has 0 unspecified atom stereocenters.